The van der Waals surface area contributed by atoms with E-state index in [9.17, 15) is 9.59 Å². The molecule has 0 saturated carbocycles. The molecule has 0 atom stereocenters. The van der Waals surface area contributed by atoms with Gasteiger partial charge in [-0.15, -0.1) is 0 Å². The van der Waals surface area contributed by atoms with E-state index in [2.05, 4.69) is 15.7 Å². The molecular formula is C21H22N4O3. The van der Waals surface area contributed by atoms with Crippen LogP contribution in [0.2, 0.25) is 0 Å². The number of aromatic nitrogens is 2. The summed E-state index contributed by atoms with van der Waals surface area (Å²) in [5.74, 6) is 0.0563. The van der Waals surface area contributed by atoms with Gasteiger partial charge < -0.3 is 15.4 Å². The van der Waals surface area contributed by atoms with E-state index in [1.54, 1.807) is 41.3 Å². The van der Waals surface area contributed by atoms with Crippen molar-refractivity contribution in [3.8, 4) is 5.75 Å². The minimum absolute atomic E-state index is 0.129. The van der Waals surface area contributed by atoms with Crippen molar-refractivity contribution in [3.63, 3.8) is 0 Å². The van der Waals surface area contributed by atoms with Crippen molar-refractivity contribution in [1.82, 2.24) is 15.1 Å². The molecule has 0 saturated heterocycles. The van der Waals surface area contributed by atoms with E-state index >= 15 is 0 Å². The zero-order chi connectivity index (χ0) is 19.8. The Morgan fingerprint density at radius 2 is 1.82 bits per heavy atom. The summed E-state index contributed by atoms with van der Waals surface area (Å²) in [5.41, 5.74) is 2.16. The maximum absolute atomic E-state index is 12.1. The molecule has 3 rings (SSSR count). The van der Waals surface area contributed by atoms with Gasteiger partial charge in [-0.3, -0.25) is 14.3 Å². The van der Waals surface area contributed by atoms with Gasteiger partial charge in [-0.05, 0) is 36.8 Å². The van der Waals surface area contributed by atoms with E-state index in [0.717, 1.165) is 5.56 Å². The minimum atomic E-state index is -0.321. The summed E-state index contributed by atoms with van der Waals surface area (Å²) in [6.07, 6.45) is 3.33. The summed E-state index contributed by atoms with van der Waals surface area (Å²) in [6, 6.07) is 16.7. The maximum atomic E-state index is 12.1. The lowest BCUT2D eigenvalue weighted by Gasteiger charge is -2.07. The van der Waals surface area contributed by atoms with Crippen LogP contribution in [0.5, 0.6) is 5.75 Å². The van der Waals surface area contributed by atoms with E-state index in [1.165, 1.54) is 0 Å². The third-order valence-corrected chi connectivity index (χ3v) is 3.94. The molecule has 0 aliphatic carbocycles. The highest BCUT2D eigenvalue weighted by Crippen LogP contribution is 2.12. The Balaban J connectivity index is 1.47. The topological polar surface area (TPSA) is 85.2 Å². The van der Waals surface area contributed by atoms with Gasteiger partial charge in [0, 0.05) is 11.8 Å². The van der Waals surface area contributed by atoms with Crippen LogP contribution in [0.25, 0.3) is 0 Å². The van der Waals surface area contributed by atoms with Crippen LogP contribution in [0.15, 0.2) is 67.0 Å². The van der Waals surface area contributed by atoms with Crippen LogP contribution in [0.3, 0.4) is 0 Å². The quantitative estimate of drug-likeness (QED) is 0.631. The monoisotopic (exact) mass is 378 g/mol. The van der Waals surface area contributed by atoms with Crippen LogP contribution in [-0.2, 0) is 11.3 Å². The molecule has 7 nitrogen and oxygen atoms in total. The summed E-state index contributed by atoms with van der Waals surface area (Å²) in [7, 11) is 0. The summed E-state index contributed by atoms with van der Waals surface area (Å²) in [5, 5.41) is 9.56. The van der Waals surface area contributed by atoms with E-state index in [-0.39, 0.29) is 18.4 Å². The molecule has 2 N–H and O–H groups in total. The zero-order valence-corrected chi connectivity index (χ0v) is 15.6. The molecule has 2 amide bonds. The molecule has 0 aliphatic heterocycles. The molecule has 144 valence electrons. The fourth-order valence-electron chi connectivity index (χ4n) is 2.62. The van der Waals surface area contributed by atoms with Gasteiger partial charge >= 0.3 is 0 Å². The van der Waals surface area contributed by atoms with Gasteiger partial charge in [-0.2, -0.15) is 5.10 Å². The normalized spacial score (nSPS) is 10.3. The van der Waals surface area contributed by atoms with Crippen LogP contribution in [0, 0.1) is 0 Å². The van der Waals surface area contributed by atoms with Crippen LogP contribution >= 0.6 is 0 Å². The van der Waals surface area contributed by atoms with Gasteiger partial charge in [-0.1, -0.05) is 30.3 Å². The number of rotatable bonds is 8. The average Bonchev–Trinajstić information content (AvgIpc) is 3.14. The number of carbonyl (C=O) groups excluding carboxylic acids is 2. The van der Waals surface area contributed by atoms with E-state index in [0.29, 0.717) is 30.2 Å². The highest BCUT2D eigenvalue weighted by Gasteiger charge is 2.09. The minimum Gasteiger partial charge on any atom is -0.494 e. The van der Waals surface area contributed by atoms with Gasteiger partial charge in [0.25, 0.3) is 5.91 Å². The molecular weight excluding hydrogens is 356 g/mol. The Morgan fingerprint density at radius 3 is 2.54 bits per heavy atom. The molecule has 3 aromatic rings. The standard InChI is InChI=1S/C21H22N4O3/c1-2-28-19-10-8-17(9-11-19)21(27)22-13-20(26)24-18-12-23-25(15-18)14-16-6-4-3-5-7-16/h3-12,15H,2,13-14H2,1H3,(H,22,27)(H,24,26). The molecule has 0 aliphatic rings. The van der Waals surface area contributed by atoms with E-state index in [4.69, 9.17) is 4.74 Å². The van der Waals surface area contributed by atoms with Crippen LogP contribution < -0.4 is 15.4 Å². The second-order valence-corrected chi connectivity index (χ2v) is 6.10. The molecule has 0 radical (unpaired) electrons. The fourth-order valence-corrected chi connectivity index (χ4v) is 2.62. The van der Waals surface area contributed by atoms with Crippen LogP contribution in [0.4, 0.5) is 5.69 Å². The van der Waals surface area contributed by atoms with Gasteiger partial charge in [0.1, 0.15) is 5.75 Å². The van der Waals surface area contributed by atoms with Gasteiger partial charge in [0.15, 0.2) is 0 Å². The number of nitrogens with zero attached hydrogens (tertiary/aromatic N) is 2. The van der Waals surface area contributed by atoms with Crippen molar-refractivity contribution in [2.45, 2.75) is 13.5 Å². The van der Waals surface area contributed by atoms with Crippen LogP contribution in [0.1, 0.15) is 22.8 Å². The van der Waals surface area contributed by atoms with Gasteiger partial charge in [0.2, 0.25) is 5.91 Å². The van der Waals surface area contributed by atoms with E-state index < -0.39 is 0 Å². The number of carbonyl (C=O) groups is 2. The van der Waals surface area contributed by atoms with Crippen molar-refractivity contribution in [3.05, 3.63) is 78.1 Å². The Kier molecular flexibility index (Phi) is 6.41. The van der Waals surface area contributed by atoms with Crippen LogP contribution in [-0.4, -0.2) is 34.7 Å². The molecule has 1 aromatic heterocycles. The third-order valence-electron chi connectivity index (χ3n) is 3.94. The Bertz CT molecular complexity index is 920. The third kappa shape index (κ3) is 5.44. The number of hydrogen-bond donors (Lipinski definition) is 2. The molecule has 0 spiro atoms. The predicted octanol–water partition coefficient (Wildman–Crippen LogP) is 2.70. The number of anilines is 1. The molecule has 0 unspecified atom stereocenters. The lowest BCUT2D eigenvalue weighted by Crippen LogP contribution is -2.32. The van der Waals surface area contributed by atoms with Gasteiger partial charge in [-0.25, -0.2) is 0 Å². The molecule has 7 heteroatoms. The Morgan fingerprint density at radius 1 is 1.07 bits per heavy atom. The highest BCUT2D eigenvalue weighted by atomic mass is 16.5. The summed E-state index contributed by atoms with van der Waals surface area (Å²) in [6.45, 7) is 2.94. The first-order valence-corrected chi connectivity index (χ1v) is 9.01. The van der Waals surface area contributed by atoms with Crippen molar-refractivity contribution >= 4 is 17.5 Å². The highest BCUT2D eigenvalue weighted by molar-refractivity contribution is 5.99. The SMILES string of the molecule is CCOc1ccc(C(=O)NCC(=O)Nc2cnn(Cc3ccccc3)c2)cc1. The van der Waals surface area contributed by atoms with E-state index in [1.807, 2.05) is 37.3 Å². The van der Waals surface area contributed by atoms with Crippen molar-refractivity contribution in [2.75, 3.05) is 18.5 Å². The number of ether oxygens (including phenoxy) is 1. The number of nitrogens with one attached hydrogen (secondary N) is 2. The first-order valence-electron chi connectivity index (χ1n) is 9.01. The number of benzene rings is 2. The molecule has 2 aromatic carbocycles. The lowest BCUT2D eigenvalue weighted by molar-refractivity contribution is -0.115. The fraction of sp³-hybridized carbons (Fsp3) is 0.190. The maximum Gasteiger partial charge on any atom is 0.251 e. The summed E-state index contributed by atoms with van der Waals surface area (Å²) in [4.78, 5) is 24.2. The molecule has 0 fully saturated rings. The first-order chi connectivity index (χ1) is 13.6. The lowest BCUT2D eigenvalue weighted by atomic mass is 10.2. The summed E-state index contributed by atoms with van der Waals surface area (Å²) >= 11 is 0. The summed E-state index contributed by atoms with van der Waals surface area (Å²) < 4.78 is 7.08. The number of amides is 2. The molecule has 0 bridgehead atoms. The second-order valence-electron chi connectivity index (χ2n) is 6.10. The van der Waals surface area contributed by atoms with Crippen molar-refractivity contribution in [1.29, 1.82) is 0 Å². The Hall–Kier alpha value is -3.61. The second kappa shape index (κ2) is 9.36. The molecule has 1 heterocycles. The zero-order valence-electron chi connectivity index (χ0n) is 15.6. The Labute approximate surface area is 163 Å². The average molecular weight is 378 g/mol. The smallest absolute Gasteiger partial charge is 0.251 e. The predicted molar refractivity (Wildman–Crippen MR) is 106 cm³/mol. The molecule has 28 heavy (non-hydrogen) atoms. The van der Waals surface area contributed by atoms with Gasteiger partial charge in [0.05, 0.1) is 31.6 Å². The van der Waals surface area contributed by atoms with Crippen molar-refractivity contribution in [2.24, 2.45) is 0 Å². The largest absolute Gasteiger partial charge is 0.494 e. The first kappa shape index (κ1) is 19.2. The van der Waals surface area contributed by atoms with Crippen molar-refractivity contribution < 1.29 is 14.3 Å². The number of hydrogen-bond acceptors (Lipinski definition) is 4.